The lowest BCUT2D eigenvalue weighted by Gasteiger charge is -2.27. The third kappa shape index (κ3) is 6.13. The number of aryl methyl sites for hydroxylation is 1. The minimum absolute atomic E-state index is 0.00993. The minimum Gasteiger partial charge on any atom is -0.353 e. The lowest BCUT2D eigenvalue weighted by Crippen LogP contribution is -2.42. The van der Waals surface area contributed by atoms with E-state index in [-0.39, 0.29) is 18.4 Å². The molecule has 0 radical (unpaired) electrons. The number of amides is 2. The largest absolute Gasteiger partial charge is 0.353 e. The Hall–Kier alpha value is -2.82. The summed E-state index contributed by atoms with van der Waals surface area (Å²) in [6, 6.07) is 13.9. The highest BCUT2D eigenvalue weighted by Crippen LogP contribution is 2.12. The zero-order chi connectivity index (χ0) is 19.6. The van der Waals surface area contributed by atoms with Crippen LogP contribution < -0.4 is 0 Å². The van der Waals surface area contributed by atoms with E-state index in [0.717, 1.165) is 17.7 Å². The number of hydrogen-bond acceptors (Lipinski definition) is 2. The molecule has 0 fully saturated rings. The molecule has 144 valence electrons. The molecule has 0 aliphatic heterocycles. The number of carbonyl (C=O) groups is 2. The van der Waals surface area contributed by atoms with E-state index in [2.05, 4.69) is 6.58 Å². The van der Waals surface area contributed by atoms with Gasteiger partial charge in [-0.2, -0.15) is 0 Å². The Kier molecular flexibility index (Phi) is 7.86. The van der Waals surface area contributed by atoms with E-state index in [1.54, 1.807) is 15.9 Å². The molecule has 0 saturated carbocycles. The molecule has 0 saturated heterocycles. The lowest BCUT2D eigenvalue weighted by molar-refractivity contribution is -0.140. The molecule has 0 atom stereocenters. The van der Waals surface area contributed by atoms with Gasteiger partial charge in [0.2, 0.25) is 11.8 Å². The van der Waals surface area contributed by atoms with Gasteiger partial charge in [-0.15, -0.1) is 6.58 Å². The highest BCUT2D eigenvalue weighted by Gasteiger charge is 2.21. The van der Waals surface area contributed by atoms with Crippen LogP contribution in [0.1, 0.15) is 31.0 Å². The Morgan fingerprint density at radius 3 is 2.37 bits per heavy atom. The van der Waals surface area contributed by atoms with Crippen molar-refractivity contribution in [2.45, 2.75) is 32.9 Å². The number of carbonyl (C=O) groups excluding carboxylic acids is 2. The molecule has 1 aromatic heterocycles. The van der Waals surface area contributed by atoms with Crippen molar-refractivity contribution in [1.82, 2.24) is 14.4 Å². The first-order valence-corrected chi connectivity index (χ1v) is 9.35. The predicted octanol–water partition coefficient (Wildman–Crippen LogP) is 3.37. The average Bonchev–Trinajstić information content (AvgIpc) is 3.06. The molecule has 5 nitrogen and oxygen atoms in total. The van der Waals surface area contributed by atoms with Crippen molar-refractivity contribution in [3.8, 4) is 0 Å². The van der Waals surface area contributed by atoms with Crippen LogP contribution in [-0.4, -0.2) is 39.3 Å². The maximum Gasteiger partial charge on any atom is 0.242 e. The SMILES string of the molecule is C=CCN(CC(=O)N(Cc1ccccc1)Cc1cccn1C)C(=O)CCC. The zero-order valence-corrected chi connectivity index (χ0v) is 16.3. The van der Waals surface area contributed by atoms with Crippen molar-refractivity contribution in [2.75, 3.05) is 13.1 Å². The van der Waals surface area contributed by atoms with Gasteiger partial charge in [0.25, 0.3) is 0 Å². The first kappa shape index (κ1) is 20.5. The highest BCUT2D eigenvalue weighted by atomic mass is 16.2. The summed E-state index contributed by atoms with van der Waals surface area (Å²) in [6.07, 6.45) is 4.84. The van der Waals surface area contributed by atoms with Crippen LogP contribution in [0.4, 0.5) is 0 Å². The van der Waals surface area contributed by atoms with E-state index in [9.17, 15) is 9.59 Å². The average molecular weight is 367 g/mol. The van der Waals surface area contributed by atoms with Gasteiger partial charge in [-0.25, -0.2) is 0 Å². The van der Waals surface area contributed by atoms with E-state index in [4.69, 9.17) is 0 Å². The molecule has 27 heavy (non-hydrogen) atoms. The molecule has 2 amide bonds. The summed E-state index contributed by atoms with van der Waals surface area (Å²) in [5.74, 6) is -0.0735. The van der Waals surface area contributed by atoms with Gasteiger partial charge >= 0.3 is 0 Å². The van der Waals surface area contributed by atoms with E-state index in [1.165, 1.54) is 0 Å². The maximum absolute atomic E-state index is 13.1. The highest BCUT2D eigenvalue weighted by molar-refractivity contribution is 5.85. The first-order valence-electron chi connectivity index (χ1n) is 9.35. The summed E-state index contributed by atoms with van der Waals surface area (Å²) in [6.45, 7) is 7.14. The molecule has 0 aliphatic carbocycles. The molecule has 0 aliphatic rings. The summed E-state index contributed by atoms with van der Waals surface area (Å²) < 4.78 is 2.01. The van der Waals surface area contributed by atoms with Gasteiger partial charge in [-0.3, -0.25) is 9.59 Å². The summed E-state index contributed by atoms with van der Waals surface area (Å²) >= 11 is 0. The standard InChI is InChI=1S/C22H29N3O2/c1-4-10-21(26)24(14-5-2)18-22(27)25(16-19-11-7-6-8-12-19)17-20-13-9-15-23(20)3/h5-9,11-13,15H,2,4,10,14,16-18H2,1,3H3. The van der Waals surface area contributed by atoms with Crippen LogP contribution in [0.5, 0.6) is 0 Å². The van der Waals surface area contributed by atoms with Gasteiger partial charge in [0.15, 0.2) is 0 Å². The van der Waals surface area contributed by atoms with Crippen LogP contribution in [0.2, 0.25) is 0 Å². The molecule has 0 N–H and O–H groups in total. The van der Waals surface area contributed by atoms with Gasteiger partial charge in [0.1, 0.15) is 6.54 Å². The number of rotatable bonds is 10. The fourth-order valence-electron chi connectivity index (χ4n) is 2.94. The third-order valence-electron chi connectivity index (χ3n) is 4.47. The second kappa shape index (κ2) is 10.4. The Morgan fingerprint density at radius 2 is 1.78 bits per heavy atom. The van der Waals surface area contributed by atoms with Gasteiger partial charge in [0, 0.05) is 38.4 Å². The number of benzene rings is 1. The predicted molar refractivity (Wildman–Crippen MR) is 108 cm³/mol. The van der Waals surface area contributed by atoms with E-state index in [1.807, 2.05) is 67.2 Å². The van der Waals surface area contributed by atoms with Crippen molar-refractivity contribution < 1.29 is 9.59 Å². The van der Waals surface area contributed by atoms with Crippen LogP contribution in [-0.2, 0) is 29.7 Å². The van der Waals surface area contributed by atoms with Crippen molar-refractivity contribution in [3.63, 3.8) is 0 Å². The molecular weight excluding hydrogens is 338 g/mol. The minimum atomic E-state index is -0.0636. The monoisotopic (exact) mass is 367 g/mol. The maximum atomic E-state index is 13.1. The third-order valence-corrected chi connectivity index (χ3v) is 4.47. The van der Waals surface area contributed by atoms with E-state index >= 15 is 0 Å². The Bertz CT molecular complexity index is 752. The van der Waals surface area contributed by atoms with Crippen molar-refractivity contribution in [2.24, 2.45) is 7.05 Å². The summed E-state index contributed by atoms with van der Waals surface area (Å²) in [7, 11) is 1.97. The molecule has 0 spiro atoms. The Balaban J connectivity index is 2.17. The molecule has 1 heterocycles. The topological polar surface area (TPSA) is 45.6 Å². The van der Waals surface area contributed by atoms with Gasteiger partial charge in [0.05, 0.1) is 6.54 Å². The Labute approximate surface area is 161 Å². The number of aromatic nitrogens is 1. The van der Waals surface area contributed by atoms with Crippen molar-refractivity contribution in [3.05, 3.63) is 72.6 Å². The summed E-state index contributed by atoms with van der Waals surface area (Å²) in [4.78, 5) is 28.8. The van der Waals surface area contributed by atoms with Crippen LogP contribution in [0.25, 0.3) is 0 Å². The quantitative estimate of drug-likeness (QED) is 0.605. The van der Waals surface area contributed by atoms with Crippen LogP contribution in [0, 0.1) is 0 Å². The van der Waals surface area contributed by atoms with Gasteiger partial charge in [-0.05, 0) is 24.1 Å². The van der Waals surface area contributed by atoms with E-state index < -0.39 is 0 Å². The van der Waals surface area contributed by atoms with Crippen molar-refractivity contribution in [1.29, 1.82) is 0 Å². The van der Waals surface area contributed by atoms with Gasteiger partial charge in [-0.1, -0.05) is 43.3 Å². The summed E-state index contributed by atoms with van der Waals surface area (Å²) in [5.41, 5.74) is 2.12. The molecule has 2 aromatic rings. The molecule has 0 unspecified atom stereocenters. The molecule has 2 rings (SSSR count). The molecule has 1 aromatic carbocycles. The molecule has 5 heteroatoms. The second-order valence-corrected chi connectivity index (χ2v) is 6.66. The fourth-order valence-corrected chi connectivity index (χ4v) is 2.94. The van der Waals surface area contributed by atoms with Crippen LogP contribution in [0.15, 0.2) is 61.3 Å². The number of nitrogens with zero attached hydrogens (tertiary/aromatic N) is 3. The smallest absolute Gasteiger partial charge is 0.242 e. The first-order chi connectivity index (χ1) is 13.0. The molecular formula is C22H29N3O2. The second-order valence-electron chi connectivity index (χ2n) is 6.66. The van der Waals surface area contributed by atoms with Crippen LogP contribution >= 0.6 is 0 Å². The zero-order valence-electron chi connectivity index (χ0n) is 16.3. The normalized spacial score (nSPS) is 10.4. The van der Waals surface area contributed by atoms with Crippen LogP contribution in [0.3, 0.4) is 0 Å². The number of hydrogen-bond donors (Lipinski definition) is 0. The van der Waals surface area contributed by atoms with E-state index in [0.29, 0.717) is 26.1 Å². The Morgan fingerprint density at radius 1 is 1.04 bits per heavy atom. The van der Waals surface area contributed by atoms with Gasteiger partial charge < -0.3 is 14.4 Å². The fraction of sp³-hybridized carbons (Fsp3) is 0.364. The van der Waals surface area contributed by atoms with Crippen molar-refractivity contribution >= 4 is 11.8 Å². The molecule has 0 bridgehead atoms. The summed E-state index contributed by atoms with van der Waals surface area (Å²) in [5, 5.41) is 0. The lowest BCUT2D eigenvalue weighted by atomic mass is 10.2.